The van der Waals surface area contributed by atoms with E-state index in [4.69, 9.17) is 10.8 Å². The molecule has 17 heavy (non-hydrogen) atoms. The summed E-state index contributed by atoms with van der Waals surface area (Å²) in [5.74, 6) is -0.945. The van der Waals surface area contributed by atoms with E-state index in [1.54, 1.807) is 0 Å². The van der Waals surface area contributed by atoms with Gasteiger partial charge in [0.15, 0.2) is 0 Å². The molecule has 0 aliphatic carbocycles. The van der Waals surface area contributed by atoms with Gasteiger partial charge in [-0.05, 0) is 74.4 Å². The fraction of sp³-hybridized carbons (Fsp3) is 0.500. The van der Waals surface area contributed by atoms with Crippen LogP contribution in [0.15, 0.2) is 0 Å². The van der Waals surface area contributed by atoms with E-state index in [0.29, 0.717) is 6.42 Å². The molecule has 0 fully saturated rings. The Morgan fingerprint density at radius 2 is 1.35 bits per heavy atom. The molecule has 0 saturated heterocycles. The van der Waals surface area contributed by atoms with Crippen molar-refractivity contribution in [3.05, 3.63) is 33.4 Å². The van der Waals surface area contributed by atoms with Crippen molar-refractivity contribution in [3.8, 4) is 0 Å². The quantitative estimate of drug-likeness (QED) is 0.844. The lowest BCUT2D eigenvalue weighted by Crippen LogP contribution is -2.33. The molecule has 1 aromatic carbocycles. The second-order valence-electron chi connectivity index (χ2n) is 4.75. The normalized spacial score (nSPS) is 12.6. The number of rotatable bonds is 3. The van der Waals surface area contributed by atoms with E-state index < -0.39 is 12.0 Å². The predicted molar refractivity (Wildman–Crippen MR) is 69.4 cm³/mol. The minimum atomic E-state index is -0.945. The summed E-state index contributed by atoms with van der Waals surface area (Å²) in [6.45, 7) is 10.3. The summed E-state index contributed by atoms with van der Waals surface area (Å²) in [5.41, 5.74) is 12.8. The Morgan fingerprint density at radius 1 is 1.00 bits per heavy atom. The van der Waals surface area contributed by atoms with Gasteiger partial charge < -0.3 is 10.8 Å². The van der Waals surface area contributed by atoms with Crippen LogP contribution in [0.4, 0.5) is 0 Å². The molecule has 1 aromatic rings. The third-order valence-electron chi connectivity index (χ3n) is 3.90. The molecule has 1 atom stereocenters. The van der Waals surface area contributed by atoms with Crippen LogP contribution in [0.25, 0.3) is 0 Å². The third-order valence-corrected chi connectivity index (χ3v) is 3.90. The van der Waals surface area contributed by atoms with E-state index in [9.17, 15) is 4.79 Å². The number of carbonyl (C=O) groups is 1. The van der Waals surface area contributed by atoms with Crippen LogP contribution in [-0.4, -0.2) is 17.1 Å². The highest BCUT2D eigenvalue weighted by Gasteiger charge is 2.18. The Morgan fingerprint density at radius 3 is 1.71 bits per heavy atom. The van der Waals surface area contributed by atoms with Crippen molar-refractivity contribution in [1.29, 1.82) is 0 Å². The first-order chi connectivity index (χ1) is 7.77. The Kier molecular flexibility index (Phi) is 3.94. The Hall–Kier alpha value is -1.35. The molecular formula is C14H21NO2. The van der Waals surface area contributed by atoms with Crippen LogP contribution >= 0.6 is 0 Å². The topological polar surface area (TPSA) is 63.3 Å². The van der Waals surface area contributed by atoms with Crippen molar-refractivity contribution in [3.63, 3.8) is 0 Å². The molecule has 94 valence electrons. The summed E-state index contributed by atoms with van der Waals surface area (Å²) >= 11 is 0. The number of hydrogen-bond acceptors (Lipinski definition) is 2. The number of benzene rings is 1. The van der Waals surface area contributed by atoms with Gasteiger partial charge in [0.2, 0.25) is 0 Å². The smallest absolute Gasteiger partial charge is 0.320 e. The zero-order chi connectivity index (χ0) is 13.3. The second-order valence-corrected chi connectivity index (χ2v) is 4.75. The third kappa shape index (κ3) is 2.50. The van der Waals surface area contributed by atoms with Crippen molar-refractivity contribution in [2.75, 3.05) is 0 Å². The van der Waals surface area contributed by atoms with Gasteiger partial charge in [-0.25, -0.2) is 0 Å². The molecule has 0 saturated carbocycles. The van der Waals surface area contributed by atoms with E-state index in [-0.39, 0.29) is 0 Å². The molecule has 0 spiro atoms. The van der Waals surface area contributed by atoms with Crippen LogP contribution in [0.5, 0.6) is 0 Å². The molecule has 1 rings (SSSR count). The molecule has 0 radical (unpaired) electrons. The molecule has 0 aliphatic heterocycles. The zero-order valence-corrected chi connectivity index (χ0v) is 11.2. The first-order valence-corrected chi connectivity index (χ1v) is 5.81. The van der Waals surface area contributed by atoms with Gasteiger partial charge in [-0.3, -0.25) is 4.79 Å². The summed E-state index contributed by atoms with van der Waals surface area (Å²) in [7, 11) is 0. The van der Waals surface area contributed by atoms with E-state index in [2.05, 4.69) is 20.8 Å². The molecule has 0 heterocycles. The summed E-state index contributed by atoms with van der Waals surface area (Å²) < 4.78 is 0. The van der Waals surface area contributed by atoms with Gasteiger partial charge in [-0.1, -0.05) is 0 Å². The van der Waals surface area contributed by atoms with Crippen LogP contribution < -0.4 is 5.73 Å². The minimum absolute atomic E-state index is 0.398. The fourth-order valence-corrected chi connectivity index (χ4v) is 2.19. The van der Waals surface area contributed by atoms with Gasteiger partial charge in [0.05, 0.1) is 0 Å². The summed E-state index contributed by atoms with van der Waals surface area (Å²) in [4.78, 5) is 10.8. The summed E-state index contributed by atoms with van der Waals surface area (Å²) in [5, 5.41) is 8.89. The number of nitrogens with two attached hydrogens (primary N) is 1. The van der Waals surface area contributed by atoms with Crippen molar-refractivity contribution in [2.24, 2.45) is 5.73 Å². The lowest BCUT2D eigenvalue weighted by Gasteiger charge is -2.19. The standard InChI is InChI=1S/C14H21NO2/c1-7-8(2)10(4)12(11(5)9(7)3)6-13(15)14(16)17/h13H,6,15H2,1-5H3,(H,16,17)/t13-/m1/s1. The first-order valence-electron chi connectivity index (χ1n) is 5.81. The summed E-state index contributed by atoms with van der Waals surface area (Å²) in [6, 6.07) is -0.825. The average Bonchev–Trinajstić information content (AvgIpc) is 2.29. The van der Waals surface area contributed by atoms with Gasteiger partial charge in [0.25, 0.3) is 0 Å². The van der Waals surface area contributed by atoms with Gasteiger partial charge in [0.1, 0.15) is 6.04 Å². The molecule has 0 aromatic heterocycles. The lowest BCUT2D eigenvalue weighted by molar-refractivity contribution is -0.138. The molecule has 0 amide bonds. The van der Waals surface area contributed by atoms with Gasteiger partial charge in [-0.2, -0.15) is 0 Å². The molecule has 0 unspecified atom stereocenters. The maximum atomic E-state index is 10.8. The molecule has 3 nitrogen and oxygen atoms in total. The molecular weight excluding hydrogens is 214 g/mol. The SMILES string of the molecule is Cc1c(C)c(C)c(C[C@@H](N)C(=O)O)c(C)c1C. The predicted octanol–water partition coefficient (Wildman–Crippen LogP) is 2.18. The van der Waals surface area contributed by atoms with E-state index in [1.165, 1.54) is 27.8 Å². The maximum absolute atomic E-state index is 10.8. The number of carboxylic acid groups (broad SMARTS) is 1. The van der Waals surface area contributed by atoms with Crippen molar-refractivity contribution in [1.82, 2.24) is 0 Å². The Balaban J connectivity index is 3.30. The average molecular weight is 235 g/mol. The van der Waals surface area contributed by atoms with Crippen molar-refractivity contribution < 1.29 is 9.90 Å². The van der Waals surface area contributed by atoms with Crippen molar-refractivity contribution >= 4 is 5.97 Å². The van der Waals surface area contributed by atoms with Crippen LogP contribution in [0.3, 0.4) is 0 Å². The molecule has 3 heteroatoms. The van der Waals surface area contributed by atoms with Crippen LogP contribution in [0.2, 0.25) is 0 Å². The Labute approximate surface area is 103 Å². The molecule has 3 N–H and O–H groups in total. The number of aliphatic carboxylic acids is 1. The fourth-order valence-electron chi connectivity index (χ4n) is 2.19. The van der Waals surface area contributed by atoms with E-state index >= 15 is 0 Å². The highest BCUT2D eigenvalue weighted by molar-refractivity contribution is 5.73. The summed E-state index contributed by atoms with van der Waals surface area (Å²) in [6.07, 6.45) is 0.398. The van der Waals surface area contributed by atoms with Crippen LogP contribution in [-0.2, 0) is 11.2 Å². The molecule has 0 aliphatic rings. The highest BCUT2D eigenvalue weighted by atomic mass is 16.4. The second kappa shape index (κ2) is 4.88. The first kappa shape index (κ1) is 13.7. The molecule has 0 bridgehead atoms. The van der Waals surface area contributed by atoms with E-state index in [0.717, 1.165) is 5.56 Å². The van der Waals surface area contributed by atoms with Crippen LogP contribution in [0.1, 0.15) is 33.4 Å². The number of hydrogen-bond donors (Lipinski definition) is 2. The van der Waals surface area contributed by atoms with Crippen LogP contribution in [0, 0.1) is 34.6 Å². The highest BCUT2D eigenvalue weighted by Crippen LogP contribution is 2.26. The van der Waals surface area contributed by atoms with Crippen molar-refractivity contribution in [2.45, 2.75) is 47.1 Å². The zero-order valence-electron chi connectivity index (χ0n) is 11.2. The Bertz CT molecular complexity index is 435. The largest absolute Gasteiger partial charge is 0.480 e. The van der Waals surface area contributed by atoms with Gasteiger partial charge in [-0.15, -0.1) is 0 Å². The minimum Gasteiger partial charge on any atom is -0.480 e. The number of carboxylic acids is 1. The maximum Gasteiger partial charge on any atom is 0.320 e. The lowest BCUT2D eigenvalue weighted by atomic mass is 9.87. The monoisotopic (exact) mass is 235 g/mol. The van der Waals surface area contributed by atoms with E-state index in [1.807, 2.05) is 13.8 Å². The van der Waals surface area contributed by atoms with Gasteiger partial charge in [0, 0.05) is 0 Å². The van der Waals surface area contributed by atoms with Gasteiger partial charge >= 0.3 is 5.97 Å².